The van der Waals surface area contributed by atoms with Crippen LogP contribution >= 0.6 is 11.3 Å². The van der Waals surface area contributed by atoms with Gasteiger partial charge in [0.15, 0.2) is 11.6 Å². The number of phenols is 1. The monoisotopic (exact) mass is 350 g/mol. The molecule has 0 amide bonds. The predicted molar refractivity (Wildman–Crippen MR) is 85.7 cm³/mol. The molecule has 3 aromatic rings. The second-order valence-electron chi connectivity index (χ2n) is 5.09. The molecule has 24 heavy (non-hydrogen) atoms. The predicted octanol–water partition coefficient (Wildman–Crippen LogP) is 4.48. The Labute approximate surface area is 139 Å². The summed E-state index contributed by atoms with van der Waals surface area (Å²) in [6.45, 7) is 3.42. The van der Waals surface area contributed by atoms with E-state index in [0.29, 0.717) is 33.0 Å². The number of phenolic OH excluding ortho intramolecular Hbond substituents is 1. The van der Waals surface area contributed by atoms with E-state index in [0.717, 1.165) is 6.07 Å². The minimum Gasteiger partial charge on any atom is -0.505 e. The maximum Gasteiger partial charge on any atom is 0.200 e. The highest BCUT2D eigenvalue weighted by Gasteiger charge is 2.24. The number of thiophene rings is 1. The Balaban J connectivity index is 2.34. The van der Waals surface area contributed by atoms with Gasteiger partial charge in [-0.05, 0) is 31.4 Å². The van der Waals surface area contributed by atoms with Gasteiger partial charge >= 0.3 is 0 Å². The zero-order valence-electron chi connectivity index (χ0n) is 12.7. The van der Waals surface area contributed by atoms with E-state index in [2.05, 4.69) is 10.3 Å². The fraction of sp³-hybridized carbons (Fsp3) is 0.125. The average Bonchev–Trinajstić information content (AvgIpc) is 3.09. The van der Waals surface area contributed by atoms with Crippen LogP contribution in [0.1, 0.15) is 16.3 Å². The molecule has 0 bridgehead atoms. The Hall–Kier alpha value is -2.74. The smallest absolute Gasteiger partial charge is 0.200 e. The van der Waals surface area contributed by atoms with E-state index in [4.69, 9.17) is 9.73 Å². The van der Waals surface area contributed by atoms with Crippen LogP contribution in [0.25, 0.3) is 22.3 Å². The normalized spacial score (nSPS) is 11.5. The van der Waals surface area contributed by atoms with Gasteiger partial charge in [0.25, 0.3) is 0 Å². The maximum atomic E-state index is 14.3. The average molecular weight is 350 g/mol. The summed E-state index contributed by atoms with van der Waals surface area (Å²) in [5, 5.41) is 26.7. The van der Waals surface area contributed by atoms with Crippen molar-refractivity contribution in [1.29, 1.82) is 0 Å². The van der Waals surface area contributed by atoms with Crippen LogP contribution < -0.4 is 0 Å². The van der Waals surface area contributed by atoms with Crippen molar-refractivity contribution in [2.24, 2.45) is 5.16 Å². The van der Waals surface area contributed by atoms with Crippen LogP contribution in [0, 0.1) is 25.5 Å². The molecule has 2 aromatic heterocycles. The van der Waals surface area contributed by atoms with Crippen LogP contribution in [0.15, 0.2) is 27.2 Å². The van der Waals surface area contributed by atoms with E-state index < -0.39 is 17.4 Å². The fourth-order valence-corrected chi connectivity index (χ4v) is 3.49. The molecule has 1 aromatic carbocycles. The van der Waals surface area contributed by atoms with Crippen molar-refractivity contribution in [3.8, 4) is 28.0 Å². The number of benzene rings is 1. The van der Waals surface area contributed by atoms with Crippen molar-refractivity contribution in [3.05, 3.63) is 45.5 Å². The van der Waals surface area contributed by atoms with Gasteiger partial charge in [0.2, 0.25) is 5.82 Å². The Morgan fingerprint density at radius 1 is 1.17 bits per heavy atom. The van der Waals surface area contributed by atoms with Gasteiger partial charge in [0, 0.05) is 22.3 Å². The molecule has 0 aliphatic heterocycles. The van der Waals surface area contributed by atoms with Crippen LogP contribution in [-0.2, 0) is 0 Å². The molecule has 0 unspecified atom stereocenters. The highest BCUT2D eigenvalue weighted by Crippen LogP contribution is 2.43. The molecule has 0 saturated heterocycles. The summed E-state index contributed by atoms with van der Waals surface area (Å²) in [6.07, 6.45) is 1.21. The SMILES string of the molecule is Cc1noc(C)c1-c1c(-c2ccc(O)c(F)c2F)csc1/C=N/O. The fourth-order valence-electron chi connectivity index (χ4n) is 2.56. The number of aromatic nitrogens is 1. The maximum absolute atomic E-state index is 14.3. The third-order valence-corrected chi connectivity index (χ3v) is 4.55. The van der Waals surface area contributed by atoms with Crippen LogP contribution in [0.5, 0.6) is 5.75 Å². The Morgan fingerprint density at radius 2 is 1.92 bits per heavy atom. The number of halogens is 2. The number of aromatic hydroxyl groups is 1. The Morgan fingerprint density at radius 3 is 2.54 bits per heavy atom. The van der Waals surface area contributed by atoms with Crippen LogP contribution in [0.3, 0.4) is 0 Å². The largest absolute Gasteiger partial charge is 0.505 e. The van der Waals surface area contributed by atoms with Crippen molar-refractivity contribution in [1.82, 2.24) is 5.16 Å². The van der Waals surface area contributed by atoms with Crippen molar-refractivity contribution in [2.45, 2.75) is 13.8 Å². The summed E-state index contributed by atoms with van der Waals surface area (Å²) >= 11 is 1.20. The molecule has 124 valence electrons. The zero-order valence-corrected chi connectivity index (χ0v) is 13.5. The molecule has 2 N–H and O–H groups in total. The van der Waals surface area contributed by atoms with E-state index in [1.54, 1.807) is 19.2 Å². The summed E-state index contributed by atoms with van der Waals surface area (Å²) < 4.78 is 33.2. The third kappa shape index (κ3) is 2.44. The van der Waals surface area contributed by atoms with Crippen molar-refractivity contribution in [2.75, 3.05) is 0 Å². The van der Waals surface area contributed by atoms with Gasteiger partial charge in [0.05, 0.1) is 16.8 Å². The molecule has 0 aliphatic rings. The molecular formula is C16H12F2N2O3S. The lowest BCUT2D eigenvalue weighted by atomic mass is 9.95. The summed E-state index contributed by atoms with van der Waals surface area (Å²) in [5.74, 6) is -2.74. The third-order valence-electron chi connectivity index (χ3n) is 3.63. The molecule has 0 atom stereocenters. The minimum atomic E-state index is -1.32. The molecule has 0 aliphatic carbocycles. The van der Waals surface area contributed by atoms with E-state index >= 15 is 0 Å². The molecule has 3 rings (SSSR count). The molecule has 0 fully saturated rings. The summed E-state index contributed by atoms with van der Waals surface area (Å²) in [4.78, 5) is 0.537. The number of hydrogen-bond acceptors (Lipinski definition) is 6. The van der Waals surface area contributed by atoms with Gasteiger partial charge < -0.3 is 14.8 Å². The summed E-state index contributed by atoms with van der Waals surface area (Å²) in [7, 11) is 0. The zero-order chi connectivity index (χ0) is 17.4. The van der Waals surface area contributed by atoms with Gasteiger partial charge in [-0.25, -0.2) is 4.39 Å². The first-order chi connectivity index (χ1) is 11.5. The van der Waals surface area contributed by atoms with E-state index in [-0.39, 0.29) is 5.56 Å². The van der Waals surface area contributed by atoms with Crippen molar-refractivity contribution < 1.29 is 23.6 Å². The molecular weight excluding hydrogens is 338 g/mol. The second-order valence-corrected chi connectivity index (χ2v) is 6.00. The number of aryl methyl sites for hydroxylation is 2. The Kier molecular flexibility index (Phi) is 4.06. The Bertz CT molecular complexity index is 928. The first-order valence-electron chi connectivity index (χ1n) is 6.85. The number of hydrogen-bond donors (Lipinski definition) is 2. The molecule has 0 radical (unpaired) electrons. The highest BCUT2D eigenvalue weighted by atomic mass is 32.1. The molecule has 0 saturated carbocycles. The lowest BCUT2D eigenvalue weighted by Gasteiger charge is -2.08. The number of rotatable bonds is 3. The van der Waals surface area contributed by atoms with Gasteiger partial charge in [-0.2, -0.15) is 4.39 Å². The molecule has 2 heterocycles. The molecule has 5 nitrogen and oxygen atoms in total. The van der Waals surface area contributed by atoms with Crippen molar-refractivity contribution >= 4 is 17.6 Å². The lowest BCUT2D eigenvalue weighted by Crippen LogP contribution is -1.93. The topological polar surface area (TPSA) is 78.9 Å². The van der Waals surface area contributed by atoms with Gasteiger partial charge in [-0.15, -0.1) is 11.3 Å². The van der Waals surface area contributed by atoms with E-state index in [9.17, 15) is 13.9 Å². The standard InChI is InChI=1S/C16H12F2N2O3S/c1-7-13(8(2)23-20-7)14-10(6-24-12(14)5-19-22)9-3-4-11(21)16(18)15(9)17/h3-6,21-22H,1-2H3/b19-5+. The molecule has 8 heteroatoms. The highest BCUT2D eigenvalue weighted by molar-refractivity contribution is 7.12. The van der Waals surface area contributed by atoms with Crippen molar-refractivity contribution in [3.63, 3.8) is 0 Å². The first-order valence-corrected chi connectivity index (χ1v) is 7.73. The number of oxime groups is 1. The number of nitrogens with zero attached hydrogens (tertiary/aromatic N) is 2. The van der Waals surface area contributed by atoms with Gasteiger partial charge in [0.1, 0.15) is 5.76 Å². The molecule has 0 spiro atoms. The van der Waals surface area contributed by atoms with Crippen LogP contribution in [-0.4, -0.2) is 21.7 Å². The van der Waals surface area contributed by atoms with Gasteiger partial charge in [-0.1, -0.05) is 10.3 Å². The minimum absolute atomic E-state index is 0.0193. The van der Waals surface area contributed by atoms with E-state index in [1.165, 1.54) is 23.6 Å². The summed E-state index contributed by atoms with van der Waals surface area (Å²) in [5.41, 5.74) is 2.08. The van der Waals surface area contributed by atoms with Crippen LogP contribution in [0.2, 0.25) is 0 Å². The van der Waals surface area contributed by atoms with Crippen LogP contribution in [0.4, 0.5) is 8.78 Å². The summed E-state index contributed by atoms with van der Waals surface area (Å²) in [6, 6.07) is 2.37. The lowest BCUT2D eigenvalue weighted by molar-refractivity contribution is 0.322. The van der Waals surface area contributed by atoms with Gasteiger partial charge in [-0.3, -0.25) is 0 Å². The van der Waals surface area contributed by atoms with E-state index in [1.807, 2.05) is 0 Å². The first kappa shape index (κ1) is 16.1. The second kappa shape index (κ2) is 6.04. The quantitative estimate of drug-likeness (QED) is 0.415.